The van der Waals surface area contributed by atoms with Gasteiger partial charge in [0.1, 0.15) is 13.2 Å². The minimum absolute atomic E-state index is 0.156. The molecule has 17 heavy (non-hydrogen) atoms. The lowest BCUT2D eigenvalue weighted by Crippen LogP contribution is -2.29. The summed E-state index contributed by atoms with van der Waals surface area (Å²) in [6.45, 7) is 3.41. The normalized spacial score (nSPS) is 9.76. The molecule has 9 nitrogen and oxygen atoms in total. The highest BCUT2D eigenvalue weighted by atomic mass is 32.3. The number of carbonyl (C=O) groups excluding carboxylic acids is 2. The number of nitrogens with two attached hydrogens (primary N) is 1. The Kier molecular flexibility index (Phi) is 10.2. The smallest absolute Gasteiger partial charge is 0.368 e. The zero-order valence-corrected chi connectivity index (χ0v) is 9.64. The van der Waals surface area contributed by atoms with Crippen molar-refractivity contribution in [2.45, 2.75) is 0 Å². The Labute approximate surface area is 98.2 Å². The van der Waals surface area contributed by atoms with E-state index in [0.29, 0.717) is 6.54 Å². The van der Waals surface area contributed by atoms with Crippen molar-refractivity contribution in [3.8, 4) is 0 Å². The maximum Gasteiger partial charge on any atom is 0.394 e. The number of amides is 2. The molecule has 0 bridgehead atoms. The fraction of sp³-hybridized carbons (Fsp3) is 0.429. The number of rotatable bonds is 6. The lowest BCUT2D eigenvalue weighted by molar-refractivity contribution is -0.129. The molecule has 0 fully saturated rings. The summed E-state index contributed by atoms with van der Waals surface area (Å²) < 4.78 is 36.2. The van der Waals surface area contributed by atoms with Gasteiger partial charge >= 0.3 is 10.4 Å². The van der Waals surface area contributed by atoms with Crippen molar-refractivity contribution in [1.29, 1.82) is 0 Å². The highest BCUT2D eigenvalue weighted by Crippen LogP contribution is 1.74. The third-order valence-electron chi connectivity index (χ3n) is 0.921. The van der Waals surface area contributed by atoms with Crippen LogP contribution in [-0.4, -0.2) is 49.1 Å². The molecule has 0 saturated heterocycles. The van der Waals surface area contributed by atoms with Gasteiger partial charge in [-0.3, -0.25) is 18.7 Å². The van der Waals surface area contributed by atoms with Crippen LogP contribution in [0, 0.1) is 0 Å². The topological polar surface area (TPSA) is 156 Å². The Bertz CT molecular complexity index is 343. The zero-order chi connectivity index (χ0) is 13.9. The van der Waals surface area contributed by atoms with E-state index in [1.54, 1.807) is 6.08 Å². The molecule has 0 aromatic rings. The molecule has 0 saturated carbocycles. The van der Waals surface area contributed by atoms with Crippen LogP contribution in [-0.2, 0) is 24.7 Å². The molecule has 2 amide bonds. The van der Waals surface area contributed by atoms with Crippen LogP contribution in [0.5, 0.6) is 0 Å². The molecule has 0 aromatic carbocycles. The van der Waals surface area contributed by atoms with E-state index in [1.165, 1.54) is 0 Å². The number of carbonyl (C=O) groups is 2. The first-order valence-corrected chi connectivity index (χ1v) is 5.50. The number of hydrogen-bond donors (Lipinski definition) is 4. The molecule has 0 aliphatic carbocycles. The van der Waals surface area contributed by atoms with Gasteiger partial charge in [0, 0.05) is 6.54 Å². The Morgan fingerprint density at radius 3 is 2.18 bits per heavy atom. The lowest BCUT2D eigenvalue weighted by Gasteiger charge is -2.01. The van der Waals surface area contributed by atoms with E-state index in [9.17, 15) is 9.59 Å². The summed E-state index contributed by atoms with van der Waals surface area (Å²) in [6, 6.07) is 0. The van der Waals surface area contributed by atoms with Crippen LogP contribution in [0.2, 0.25) is 0 Å². The van der Waals surface area contributed by atoms with Crippen molar-refractivity contribution < 1.29 is 31.8 Å². The van der Waals surface area contributed by atoms with E-state index < -0.39 is 16.3 Å². The van der Waals surface area contributed by atoms with Gasteiger partial charge in [-0.2, -0.15) is 8.42 Å². The number of ether oxygens (including phenoxy) is 1. The Morgan fingerprint density at radius 2 is 1.82 bits per heavy atom. The van der Waals surface area contributed by atoms with Crippen molar-refractivity contribution in [3.05, 3.63) is 12.7 Å². The molecule has 0 unspecified atom stereocenters. The van der Waals surface area contributed by atoms with E-state index in [2.05, 4.69) is 16.6 Å². The molecule has 0 atom stereocenters. The Balaban J connectivity index is 0. The van der Waals surface area contributed by atoms with Gasteiger partial charge in [0.25, 0.3) is 0 Å². The Morgan fingerprint density at radius 1 is 1.35 bits per heavy atom. The van der Waals surface area contributed by atoms with Crippen LogP contribution < -0.4 is 11.1 Å². The summed E-state index contributed by atoms with van der Waals surface area (Å²) in [7, 11) is -4.67. The third kappa shape index (κ3) is 31.4. The predicted octanol–water partition coefficient (Wildman–Crippen LogP) is -1.86. The number of nitrogens with one attached hydrogen (secondary N) is 1. The van der Waals surface area contributed by atoms with Crippen LogP contribution in [0.25, 0.3) is 0 Å². The summed E-state index contributed by atoms with van der Waals surface area (Å²) in [5, 5.41) is 2.47. The van der Waals surface area contributed by atoms with Crippen molar-refractivity contribution in [2.75, 3.05) is 19.8 Å². The minimum Gasteiger partial charge on any atom is -0.368 e. The third-order valence-corrected chi connectivity index (χ3v) is 0.921. The summed E-state index contributed by atoms with van der Waals surface area (Å²) in [4.78, 5) is 20.9. The molecule has 0 radical (unpaired) electrons. The summed E-state index contributed by atoms with van der Waals surface area (Å²) >= 11 is 0. The second-order valence-corrected chi connectivity index (χ2v) is 3.40. The highest BCUT2D eigenvalue weighted by molar-refractivity contribution is 7.79. The standard InChI is InChI=1S/C7H12N2O3.H2O4S/c1-2-3-9-7(11)5-12-4-6(8)10;1-5(2,3)4/h2H,1,3-5H2,(H2,8,10)(H,9,11);(H2,1,2,3,4). The van der Waals surface area contributed by atoms with Crippen LogP contribution in [0.4, 0.5) is 0 Å². The number of primary amides is 1. The van der Waals surface area contributed by atoms with E-state index in [1.807, 2.05) is 0 Å². The van der Waals surface area contributed by atoms with Crippen LogP contribution in [0.3, 0.4) is 0 Å². The number of hydrogen-bond acceptors (Lipinski definition) is 5. The van der Waals surface area contributed by atoms with Crippen LogP contribution in [0.15, 0.2) is 12.7 Å². The molecule has 0 aliphatic heterocycles. The first-order chi connectivity index (χ1) is 7.66. The molecule has 0 aromatic heterocycles. The second kappa shape index (κ2) is 9.72. The fourth-order valence-electron chi connectivity index (χ4n) is 0.481. The second-order valence-electron chi connectivity index (χ2n) is 2.50. The van der Waals surface area contributed by atoms with Gasteiger partial charge in [-0.25, -0.2) is 0 Å². The molecule has 10 heteroatoms. The average Bonchev–Trinajstić information content (AvgIpc) is 2.11. The van der Waals surface area contributed by atoms with Crippen molar-refractivity contribution in [2.24, 2.45) is 5.73 Å². The highest BCUT2D eigenvalue weighted by Gasteiger charge is 2.00. The van der Waals surface area contributed by atoms with Gasteiger partial charge in [0.05, 0.1) is 0 Å². The molecule has 5 N–H and O–H groups in total. The van der Waals surface area contributed by atoms with E-state index in [0.717, 1.165) is 0 Å². The van der Waals surface area contributed by atoms with Crippen molar-refractivity contribution >= 4 is 22.2 Å². The molecule has 0 heterocycles. The van der Waals surface area contributed by atoms with Crippen molar-refractivity contribution in [3.63, 3.8) is 0 Å². The lowest BCUT2D eigenvalue weighted by atomic mass is 10.5. The minimum atomic E-state index is -4.67. The van der Waals surface area contributed by atoms with Gasteiger partial charge < -0.3 is 15.8 Å². The SMILES string of the molecule is C=CCNC(=O)COCC(N)=O.O=S(=O)(O)O. The average molecular weight is 270 g/mol. The van der Waals surface area contributed by atoms with E-state index in [4.69, 9.17) is 23.3 Å². The molecular formula is C7H14N2O7S. The van der Waals surface area contributed by atoms with Crippen LogP contribution >= 0.6 is 0 Å². The van der Waals surface area contributed by atoms with Crippen molar-refractivity contribution in [1.82, 2.24) is 5.32 Å². The van der Waals surface area contributed by atoms with Crippen LogP contribution in [0.1, 0.15) is 0 Å². The monoisotopic (exact) mass is 270 g/mol. The Hall–Kier alpha value is -1.49. The maximum atomic E-state index is 10.7. The van der Waals surface area contributed by atoms with E-state index >= 15 is 0 Å². The van der Waals surface area contributed by atoms with Gasteiger partial charge in [0.2, 0.25) is 11.8 Å². The maximum absolute atomic E-state index is 10.7. The first-order valence-electron chi connectivity index (χ1n) is 4.10. The van der Waals surface area contributed by atoms with E-state index in [-0.39, 0.29) is 19.1 Å². The molecule has 100 valence electrons. The predicted molar refractivity (Wildman–Crippen MR) is 57.4 cm³/mol. The first kappa shape index (κ1) is 17.9. The molecule has 0 aliphatic rings. The van der Waals surface area contributed by atoms with Gasteiger partial charge in [-0.1, -0.05) is 6.08 Å². The van der Waals surface area contributed by atoms with Gasteiger partial charge in [-0.15, -0.1) is 6.58 Å². The summed E-state index contributed by atoms with van der Waals surface area (Å²) in [5.41, 5.74) is 4.77. The van der Waals surface area contributed by atoms with Gasteiger partial charge in [-0.05, 0) is 0 Å². The fourth-order valence-corrected chi connectivity index (χ4v) is 0.481. The molecule has 0 rings (SSSR count). The zero-order valence-electron chi connectivity index (χ0n) is 8.83. The summed E-state index contributed by atoms with van der Waals surface area (Å²) in [6.07, 6.45) is 1.55. The summed E-state index contributed by atoms with van der Waals surface area (Å²) in [5.74, 6) is -0.886. The molecule has 0 spiro atoms. The molecular weight excluding hydrogens is 256 g/mol. The quantitative estimate of drug-likeness (QED) is 0.325. The largest absolute Gasteiger partial charge is 0.394 e. The van der Waals surface area contributed by atoms with Gasteiger partial charge in [0.15, 0.2) is 0 Å².